The number of halogens is 1. The normalized spacial score (nSPS) is 10.5. The minimum Gasteiger partial charge on any atom is -0.326 e. The molecular weight excluding hydrogens is 416 g/mol. The molecule has 0 aliphatic carbocycles. The Bertz CT molecular complexity index is 1010. The molecule has 3 aromatic rings. The van der Waals surface area contributed by atoms with Crippen molar-refractivity contribution < 1.29 is 9.59 Å². The van der Waals surface area contributed by atoms with Gasteiger partial charge in [0.05, 0.1) is 12.2 Å². The highest BCUT2D eigenvalue weighted by molar-refractivity contribution is 8.00. The van der Waals surface area contributed by atoms with Gasteiger partial charge in [-0.3, -0.25) is 9.59 Å². The number of aryl methyl sites for hydroxylation is 2. The maximum Gasteiger partial charge on any atom is 0.234 e. The molecule has 0 spiro atoms. The van der Waals surface area contributed by atoms with E-state index >= 15 is 0 Å². The summed E-state index contributed by atoms with van der Waals surface area (Å²) in [6, 6.07) is 20.7. The van der Waals surface area contributed by atoms with E-state index in [1.54, 1.807) is 12.1 Å². The summed E-state index contributed by atoms with van der Waals surface area (Å²) in [5.74, 6) is 0.172. The third kappa shape index (κ3) is 6.94. The number of anilines is 2. The Kier molecular flexibility index (Phi) is 7.55. The molecule has 0 atom stereocenters. The van der Waals surface area contributed by atoms with Crippen molar-refractivity contribution in [3.05, 3.63) is 88.4 Å². The Morgan fingerprint density at radius 2 is 1.40 bits per heavy atom. The number of carbonyl (C=O) groups is 2. The zero-order valence-electron chi connectivity index (χ0n) is 16.9. The maximum absolute atomic E-state index is 12.2. The first kappa shape index (κ1) is 21.9. The summed E-state index contributed by atoms with van der Waals surface area (Å²) in [6.45, 7) is 4.01. The quantitative estimate of drug-likeness (QED) is 0.453. The Morgan fingerprint density at radius 3 is 2.03 bits per heavy atom. The van der Waals surface area contributed by atoms with E-state index in [2.05, 4.69) is 16.7 Å². The van der Waals surface area contributed by atoms with E-state index in [1.807, 2.05) is 62.4 Å². The molecule has 6 heteroatoms. The Labute approximate surface area is 186 Å². The lowest BCUT2D eigenvalue weighted by Crippen LogP contribution is -2.14. The SMILES string of the molecule is Cc1cc(C)cc(NC(=O)CSc2ccc(NC(=O)Cc3ccc(Cl)cc3)cc2)c1. The lowest BCUT2D eigenvalue weighted by Gasteiger charge is -2.08. The molecule has 0 heterocycles. The number of nitrogens with one attached hydrogen (secondary N) is 2. The summed E-state index contributed by atoms with van der Waals surface area (Å²) < 4.78 is 0. The fourth-order valence-corrected chi connectivity index (χ4v) is 3.84. The zero-order valence-corrected chi connectivity index (χ0v) is 18.4. The summed E-state index contributed by atoms with van der Waals surface area (Å²) in [5.41, 5.74) is 4.67. The van der Waals surface area contributed by atoms with Gasteiger partial charge in [-0.2, -0.15) is 0 Å². The highest BCUT2D eigenvalue weighted by atomic mass is 35.5. The van der Waals surface area contributed by atoms with Gasteiger partial charge in [0.2, 0.25) is 11.8 Å². The van der Waals surface area contributed by atoms with Crippen molar-refractivity contribution in [2.75, 3.05) is 16.4 Å². The van der Waals surface area contributed by atoms with Crippen molar-refractivity contribution in [2.24, 2.45) is 0 Å². The van der Waals surface area contributed by atoms with Crippen molar-refractivity contribution in [3.63, 3.8) is 0 Å². The van der Waals surface area contributed by atoms with Crippen molar-refractivity contribution >= 4 is 46.6 Å². The van der Waals surface area contributed by atoms with Gasteiger partial charge < -0.3 is 10.6 Å². The molecule has 0 saturated carbocycles. The van der Waals surface area contributed by atoms with Crippen molar-refractivity contribution in [1.29, 1.82) is 0 Å². The second-order valence-electron chi connectivity index (χ2n) is 7.09. The number of hydrogen-bond donors (Lipinski definition) is 2. The highest BCUT2D eigenvalue weighted by Crippen LogP contribution is 2.21. The highest BCUT2D eigenvalue weighted by Gasteiger charge is 2.07. The van der Waals surface area contributed by atoms with E-state index in [1.165, 1.54) is 11.8 Å². The van der Waals surface area contributed by atoms with E-state index in [0.717, 1.165) is 33.0 Å². The number of rotatable bonds is 7. The molecule has 0 aromatic heterocycles. The van der Waals surface area contributed by atoms with Gasteiger partial charge in [0, 0.05) is 21.3 Å². The predicted molar refractivity (Wildman–Crippen MR) is 125 cm³/mol. The number of hydrogen-bond acceptors (Lipinski definition) is 3. The first-order chi connectivity index (χ1) is 14.4. The van der Waals surface area contributed by atoms with Gasteiger partial charge in [-0.15, -0.1) is 11.8 Å². The van der Waals surface area contributed by atoms with Crippen LogP contribution in [-0.4, -0.2) is 17.6 Å². The monoisotopic (exact) mass is 438 g/mol. The van der Waals surface area contributed by atoms with Crippen LogP contribution in [0.5, 0.6) is 0 Å². The predicted octanol–water partition coefficient (Wildman–Crippen LogP) is 5.87. The fourth-order valence-electron chi connectivity index (χ4n) is 3.02. The molecule has 2 N–H and O–H groups in total. The fraction of sp³-hybridized carbons (Fsp3) is 0.167. The molecule has 2 amide bonds. The molecule has 0 bridgehead atoms. The molecular formula is C24H23ClN2O2S. The van der Waals surface area contributed by atoms with Crippen LogP contribution in [0.1, 0.15) is 16.7 Å². The molecule has 0 radical (unpaired) electrons. The number of carbonyl (C=O) groups excluding carboxylic acids is 2. The van der Waals surface area contributed by atoms with E-state index in [4.69, 9.17) is 11.6 Å². The van der Waals surface area contributed by atoms with Crippen molar-refractivity contribution in [2.45, 2.75) is 25.2 Å². The van der Waals surface area contributed by atoms with E-state index in [9.17, 15) is 9.59 Å². The largest absolute Gasteiger partial charge is 0.326 e. The third-order valence-corrected chi connectivity index (χ3v) is 5.56. The standard InChI is InChI=1S/C24H23ClN2O2S/c1-16-11-17(2)13-21(12-16)27-24(29)15-30-22-9-7-20(8-10-22)26-23(28)14-18-3-5-19(25)6-4-18/h3-13H,14-15H2,1-2H3,(H,26,28)(H,27,29). The molecule has 30 heavy (non-hydrogen) atoms. The van der Waals surface area contributed by atoms with Crippen LogP contribution in [0.3, 0.4) is 0 Å². The molecule has 0 aliphatic heterocycles. The van der Waals surface area contributed by atoms with Crippen LogP contribution in [0.4, 0.5) is 11.4 Å². The molecule has 0 unspecified atom stereocenters. The number of amides is 2. The zero-order chi connectivity index (χ0) is 21.5. The molecule has 154 valence electrons. The lowest BCUT2D eigenvalue weighted by molar-refractivity contribution is -0.115. The van der Waals surface area contributed by atoms with E-state index < -0.39 is 0 Å². The summed E-state index contributed by atoms with van der Waals surface area (Å²) >= 11 is 7.31. The van der Waals surface area contributed by atoms with Crippen LogP contribution >= 0.6 is 23.4 Å². The van der Waals surface area contributed by atoms with Crippen LogP contribution in [0.15, 0.2) is 71.6 Å². The lowest BCUT2D eigenvalue weighted by atomic mass is 10.1. The minimum atomic E-state index is -0.0921. The van der Waals surface area contributed by atoms with Crippen molar-refractivity contribution in [1.82, 2.24) is 0 Å². The van der Waals surface area contributed by atoms with Gasteiger partial charge >= 0.3 is 0 Å². The van der Waals surface area contributed by atoms with Crippen LogP contribution in [0, 0.1) is 13.8 Å². The maximum atomic E-state index is 12.2. The summed E-state index contributed by atoms with van der Waals surface area (Å²) in [6.07, 6.45) is 0.284. The van der Waals surface area contributed by atoms with E-state index in [0.29, 0.717) is 10.8 Å². The van der Waals surface area contributed by atoms with E-state index in [-0.39, 0.29) is 18.2 Å². The minimum absolute atomic E-state index is 0.0506. The van der Waals surface area contributed by atoms with Crippen molar-refractivity contribution in [3.8, 4) is 0 Å². The van der Waals surface area contributed by atoms with Gasteiger partial charge in [-0.05, 0) is 79.1 Å². The summed E-state index contributed by atoms with van der Waals surface area (Å²) in [5, 5.41) is 6.46. The molecule has 3 rings (SSSR count). The Balaban J connectivity index is 1.47. The van der Waals surface area contributed by atoms with Gasteiger partial charge in [-0.1, -0.05) is 29.8 Å². The average Bonchev–Trinajstić information content (AvgIpc) is 2.68. The molecule has 0 fully saturated rings. The molecule has 3 aromatic carbocycles. The second-order valence-corrected chi connectivity index (χ2v) is 8.57. The molecule has 0 aliphatic rings. The second kappa shape index (κ2) is 10.3. The number of thioether (sulfide) groups is 1. The average molecular weight is 439 g/mol. The van der Waals surface area contributed by atoms with Crippen LogP contribution in [0.25, 0.3) is 0 Å². The first-order valence-electron chi connectivity index (χ1n) is 9.53. The first-order valence-corrected chi connectivity index (χ1v) is 10.9. The smallest absolute Gasteiger partial charge is 0.234 e. The topological polar surface area (TPSA) is 58.2 Å². The van der Waals surface area contributed by atoms with Gasteiger partial charge in [-0.25, -0.2) is 0 Å². The third-order valence-electron chi connectivity index (χ3n) is 4.29. The summed E-state index contributed by atoms with van der Waals surface area (Å²) in [4.78, 5) is 25.4. The van der Waals surface area contributed by atoms with Crippen LogP contribution < -0.4 is 10.6 Å². The molecule has 0 saturated heterocycles. The van der Waals surface area contributed by atoms with Gasteiger partial charge in [0.1, 0.15) is 0 Å². The van der Waals surface area contributed by atoms with Crippen LogP contribution in [0.2, 0.25) is 5.02 Å². The molecule has 4 nitrogen and oxygen atoms in total. The van der Waals surface area contributed by atoms with Gasteiger partial charge in [0.25, 0.3) is 0 Å². The Morgan fingerprint density at radius 1 is 0.800 bits per heavy atom. The summed E-state index contributed by atoms with van der Waals surface area (Å²) in [7, 11) is 0. The Hall–Kier alpha value is -2.76. The van der Waals surface area contributed by atoms with Crippen LogP contribution in [-0.2, 0) is 16.0 Å². The number of benzene rings is 3. The van der Waals surface area contributed by atoms with Gasteiger partial charge in [0.15, 0.2) is 0 Å².